The Morgan fingerprint density at radius 1 is 1.05 bits per heavy atom. The van der Waals surface area contributed by atoms with Gasteiger partial charge in [-0.1, -0.05) is 48.0 Å². The molecule has 2 nitrogen and oxygen atoms in total. The minimum Gasteiger partial charge on any atom is -0.367 e. The van der Waals surface area contributed by atoms with E-state index in [4.69, 9.17) is 4.74 Å². The molecule has 0 aliphatic carbocycles. The molecule has 2 unspecified atom stereocenters. The van der Waals surface area contributed by atoms with Crippen LogP contribution in [-0.2, 0) is 4.74 Å². The fraction of sp³-hybridized carbons (Fsp3) is 0.250. The van der Waals surface area contributed by atoms with E-state index >= 15 is 0 Å². The summed E-state index contributed by atoms with van der Waals surface area (Å²) in [5.41, 5.74) is 2.37. The Bertz CT molecular complexity index is 537. The van der Waals surface area contributed by atoms with Crippen molar-refractivity contribution < 1.29 is 14.2 Å². The Morgan fingerprint density at radius 2 is 1.68 bits per heavy atom. The lowest BCUT2D eigenvalue weighted by molar-refractivity contribution is -0.0840. The fourth-order valence-electron chi connectivity index (χ4n) is 2.13. The monoisotopic (exact) mass is 260 g/mol. The van der Waals surface area contributed by atoms with E-state index in [1.54, 1.807) is 18.2 Å². The maximum absolute atomic E-state index is 13.9. The van der Waals surface area contributed by atoms with Gasteiger partial charge in [-0.05, 0) is 18.6 Å². The van der Waals surface area contributed by atoms with Gasteiger partial charge in [0.2, 0.25) is 0 Å². The van der Waals surface area contributed by atoms with Crippen molar-refractivity contribution in [3.63, 3.8) is 0 Å². The third-order valence-corrected chi connectivity index (χ3v) is 3.20. The molecule has 0 radical (unpaired) electrons. The predicted molar refractivity (Wildman–Crippen MR) is 72.4 cm³/mol. The average Bonchev–Trinajstić information content (AvgIpc) is 2.43. The van der Waals surface area contributed by atoms with Gasteiger partial charge in [-0.3, -0.25) is 0 Å². The van der Waals surface area contributed by atoms with Gasteiger partial charge in [-0.2, -0.15) is 0 Å². The van der Waals surface area contributed by atoms with E-state index in [0.717, 1.165) is 11.1 Å². The summed E-state index contributed by atoms with van der Waals surface area (Å²) in [6.07, 6.45) is -1.08. The Hall–Kier alpha value is -1.71. The Balaban J connectivity index is 2.48. The standard InChI is InChI=1S/C16H17FO2/c1-11-7-9-12(10-8-11)15(16(18)19-2)13-5-3-4-6-14(13)17/h3-10,15-16,18H,1-2H3. The number of rotatable bonds is 4. The number of hydrogen-bond acceptors (Lipinski definition) is 2. The molecule has 0 amide bonds. The van der Waals surface area contributed by atoms with E-state index in [1.165, 1.54) is 13.2 Å². The highest BCUT2D eigenvalue weighted by molar-refractivity contribution is 5.35. The molecule has 0 saturated carbocycles. The number of aliphatic hydroxyl groups excluding tert-OH is 1. The SMILES string of the molecule is COC(O)C(c1ccc(C)cc1)c1ccccc1F. The Kier molecular flexibility index (Phi) is 4.30. The minimum absolute atomic E-state index is 0.343. The second-order valence-corrected chi connectivity index (χ2v) is 4.54. The van der Waals surface area contributed by atoms with E-state index in [9.17, 15) is 9.50 Å². The van der Waals surface area contributed by atoms with E-state index in [2.05, 4.69) is 0 Å². The van der Waals surface area contributed by atoms with Crippen LogP contribution in [0.4, 0.5) is 4.39 Å². The van der Waals surface area contributed by atoms with E-state index < -0.39 is 12.2 Å². The average molecular weight is 260 g/mol. The topological polar surface area (TPSA) is 29.5 Å². The van der Waals surface area contributed by atoms with Gasteiger partial charge in [0.05, 0.1) is 5.92 Å². The first kappa shape index (κ1) is 13.7. The van der Waals surface area contributed by atoms with E-state index in [1.807, 2.05) is 31.2 Å². The maximum Gasteiger partial charge on any atom is 0.165 e. The van der Waals surface area contributed by atoms with Crippen molar-refractivity contribution in [2.75, 3.05) is 7.11 Å². The summed E-state index contributed by atoms with van der Waals surface area (Å²) in [5.74, 6) is -0.879. The van der Waals surface area contributed by atoms with Gasteiger partial charge in [0.15, 0.2) is 6.29 Å². The molecule has 3 heteroatoms. The Labute approximate surface area is 112 Å². The highest BCUT2D eigenvalue weighted by Gasteiger charge is 2.25. The molecule has 2 atom stereocenters. The fourth-order valence-corrected chi connectivity index (χ4v) is 2.13. The van der Waals surface area contributed by atoms with Gasteiger partial charge < -0.3 is 9.84 Å². The number of aryl methyl sites for hydroxylation is 1. The molecule has 1 N–H and O–H groups in total. The Morgan fingerprint density at radius 3 is 2.26 bits per heavy atom. The number of aliphatic hydroxyl groups is 1. The van der Waals surface area contributed by atoms with Crippen molar-refractivity contribution >= 4 is 0 Å². The zero-order chi connectivity index (χ0) is 13.8. The van der Waals surface area contributed by atoms with Crippen molar-refractivity contribution in [3.05, 3.63) is 71.0 Å². The molecule has 2 rings (SSSR count). The van der Waals surface area contributed by atoms with Crippen LogP contribution in [0.2, 0.25) is 0 Å². The number of benzene rings is 2. The van der Waals surface area contributed by atoms with Crippen molar-refractivity contribution in [2.45, 2.75) is 19.1 Å². The van der Waals surface area contributed by atoms with Crippen LogP contribution in [0.1, 0.15) is 22.6 Å². The molecule has 2 aromatic rings. The van der Waals surface area contributed by atoms with Crippen molar-refractivity contribution in [1.29, 1.82) is 0 Å². The molecule has 0 saturated heterocycles. The molecule has 19 heavy (non-hydrogen) atoms. The van der Waals surface area contributed by atoms with E-state index in [0.29, 0.717) is 5.56 Å². The van der Waals surface area contributed by atoms with Crippen molar-refractivity contribution in [3.8, 4) is 0 Å². The van der Waals surface area contributed by atoms with Gasteiger partial charge >= 0.3 is 0 Å². The molecule has 0 heterocycles. The zero-order valence-electron chi connectivity index (χ0n) is 11.0. The number of hydrogen-bond donors (Lipinski definition) is 1. The summed E-state index contributed by atoms with van der Waals surface area (Å²) in [4.78, 5) is 0. The lowest BCUT2D eigenvalue weighted by Crippen LogP contribution is -2.22. The molecule has 2 aromatic carbocycles. The summed E-state index contributed by atoms with van der Waals surface area (Å²) < 4.78 is 18.9. The number of methoxy groups -OCH3 is 1. The molecule has 0 aliphatic heterocycles. The van der Waals surface area contributed by atoms with Crippen LogP contribution in [0.25, 0.3) is 0 Å². The predicted octanol–water partition coefficient (Wildman–Crippen LogP) is 3.23. The summed E-state index contributed by atoms with van der Waals surface area (Å²) >= 11 is 0. The first-order valence-corrected chi connectivity index (χ1v) is 6.15. The summed E-state index contributed by atoms with van der Waals surface area (Å²) in [6, 6.07) is 14.1. The molecule has 0 spiro atoms. The third-order valence-electron chi connectivity index (χ3n) is 3.20. The minimum atomic E-state index is -1.08. The second-order valence-electron chi connectivity index (χ2n) is 4.54. The van der Waals surface area contributed by atoms with Crippen molar-refractivity contribution in [1.82, 2.24) is 0 Å². The highest BCUT2D eigenvalue weighted by atomic mass is 19.1. The van der Waals surface area contributed by atoms with E-state index in [-0.39, 0.29) is 5.82 Å². The molecule has 0 fully saturated rings. The second kappa shape index (κ2) is 5.95. The van der Waals surface area contributed by atoms with Gasteiger partial charge in [-0.15, -0.1) is 0 Å². The van der Waals surface area contributed by atoms with Gasteiger partial charge in [0.25, 0.3) is 0 Å². The molecule has 0 aromatic heterocycles. The van der Waals surface area contributed by atoms with Crippen LogP contribution in [0.15, 0.2) is 48.5 Å². The van der Waals surface area contributed by atoms with Crippen LogP contribution in [-0.4, -0.2) is 18.5 Å². The lowest BCUT2D eigenvalue weighted by Gasteiger charge is -2.23. The lowest BCUT2D eigenvalue weighted by atomic mass is 9.90. The molecular formula is C16H17FO2. The first-order valence-electron chi connectivity index (χ1n) is 6.15. The van der Waals surface area contributed by atoms with Crippen LogP contribution in [0.5, 0.6) is 0 Å². The normalized spacial score (nSPS) is 14.1. The zero-order valence-corrected chi connectivity index (χ0v) is 11.0. The van der Waals surface area contributed by atoms with Crippen LogP contribution >= 0.6 is 0 Å². The molecular weight excluding hydrogens is 243 g/mol. The van der Waals surface area contributed by atoms with Crippen molar-refractivity contribution in [2.24, 2.45) is 0 Å². The quantitative estimate of drug-likeness (QED) is 0.855. The maximum atomic E-state index is 13.9. The van der Waals surface area contributed by atoms with Gasteiger partial charge in [-0.25, -0.2) is 4.39 Å². The summed E-state index contributed by atoms with van der Waals surface area (Å²) in [5, 5.41) is 10.0. The van der Waals surface area contributed by atoms with Gasteiger partial charge in [0, 0.05) is 12.7 Å². The number of halogens is 1. The van der Waals surface area contributed by atoms with Crippen LogP contribution < -0.4 is 0 Å². The third kappa shape index (κ3) is 3.00. The van der Waals surface area contributed by atoms with Gasteiger partial charge in [0.1, 0.15) is 5.82 Å². The molecule has 0 bridgehead atoms. The summed E-state index contributed by atoms with van der Waals surface area (Å²) in [6.45, 7) is 1.98. The molecule has 100 valence electrons. The summed E-state index contributed by atoms with van der Waals surface area (Å²) in [7, 11) is 1.41. The smallest absolute Gasteiger partial charge is 0.165 e. The van der Waals surface area contributed by atoms with Crippen LogP contribution in [0.3, 0.4) is 0 Å². The van der Waals surface area contributed by atoms with Crippen LogP contribution in [0, 0.1) is 12.7 Å². The first-order chi connectivity index (χ1) is 9.13. The molecule has 0 aliphatic rings. The number of ether oxygens (including phenoxy) is 1. The highest BCUT2D eigenvalue weighted by Crippen LogP contribution is 2.30. The largest absolute Gasteiger partial charge is 0.367 e.